The molecule has 4 rings (SSSR count). The maximum absolute atomic E-state index is 12.5. The van der Waals surface area contributed by atoms with Crippen LogP contribution in [0.1, 0.15) is 16.8 Å². The van der Waals surface area contributed by atoms with Crippen molar-refractivity contribution in [3.05, 3.63) is 46.0 Å². The summed E-state index contributed by atoms with van der Waals surface area (Å²) in [5.74, 6) is -1.78. The van der Waals surface area contributed by atoms with Crippen LogP contribution < -0.4 is 5.43 Å². The highest BCUT2D eigenvalue weighted by Crippen LogP contribution is 2.52. The number of carbonyl (C=O) groups is 3. The first-order chi connectivity index (χ1) is 11.0. The first-order valence-corrected chi connectivity index (χ1v) is 8.05. The summed E-state index contributed by atoms with van der Waals surface area (Å²) < 4.78 is 0. The van der Waals surface area contributed by atoms with Gasteiger partial charge >= 0.3 is 0 Å². The molecule has 1 N–H and O–H groups in total. The summed E-state index contributed by atoms with van der Waals surface area (Å²) in [7, 11) is 0. The van der Waals surface area contributed by atoms with Crippen LogP contribution in [0.4, 0.5) is 0 Å². The molecule has 1 aromatic carbocycles. The van der Waals surface area contributed by atoms with E-state index in [1.807, 2.05) is 12.2 Å². The van der Waals surface area contributed by atoms with Gasteiger partial charge in [0.2, 0.25) is 0 Å². The molecule has 3 aliphatic rings. The molecule has 2 aliphatic carbocycles. The second-order valence-corrected chi connectivity index (χ2v) is 6.92. The Kier molecular flexibility index (Phi) is 3.25. The number of hydrogen-bond acceptors (Lipinski definition) is 3. The van der Waals surface area contributed by atoms with Crippen LogP contribution in [0, 0.1) is 23.7 Å². The van der Waals surface area contributed by atoms with Gasteiger partial charge in [0, 0.05) is 5.02 Å². The third kappa shape index (κ3) is 2.11. The predicted octanol–water partition coefficient (Wildman–Crippen LogP) is 2.45. The summed E-state index contributed by atoms with van der Waals surface area (Å²) >= 11 is 11.8. The van der Waals surface area contributed by atoms with Gasteiger partial charge < -0.3 is 0 Å². The summed E-state index contributed by atoms with van der Waals surface area (Å²) in [4.78, 5) is 37.3. The van der Waals surface area contributed by atoms with E-state index < -0.39 is 5.91 Å². The van der Waals surface area contributed by atoms with Gasteiger partial charge in [0.25, 0.3) is 17.7 Å². The number of nitrogens with one attached hydrogen (secondary N) is 1. The van der Waals surface area contributed by atoms with Crippen LogP contribution in [-0.2, 0) is 9.59 Å². The third-order valence-corrected chi connectivity index (χ3v) is 5.41. The Balaban J connectivity index is 1.57. The van der Waals surface area contributed by atoms with Crippen LogP contribution in [0.15, 0.2) is 30.4 Å². The number of halogens is 2. The minimum Gasteiger partial charge on any atom is -0.272 e. The van der Waals surface area contributed by atoms with Gasteiger partial charge in [-0.2, -0.15) is 5.01 Å². The highest BCUT2D eigenvalue weighted by molar-refractivity contribution is 6.36. The fraction of sp³-hybridized carbons (Fsp3) is 0.312. The second-order valence-electron chi connectivity index (χ2n) is 6.08. The molecule has 1 aliphatic heterocycles. The number of rotatable bonds is 2. The lowest BCUT2D eigenvalue weighted by Crippen LogP contribution is -2.47. The summed E-state index contributed by atoms with van der Waals surface area (Å²) in [5.41, 5.74) is 2.55. The van der Waals surface area contributed by atoms with Crippen molar-refractivity contribution in [1.82, 2.24) is 10.4 Å². The molecule has 1 heterocycles. The highest BCUT2D eigenvalue weighted by Gasteiger charge is 2.59. The molecule has 2 bridgehead atoms. The summed E-state index contributed by atoms with van der Waals surface area (Å²) in [6, 6.07) is 4.41. The number of nitrogens with zero attached hydrogens (tertiary/aromatic N) is 1. The second kappa shape index (κ2) is 5.08. The van der Waals surface area contributed by atoms with Gasteiger partial charge in [0.05, 0.1) is 22.4 Å². The molecule has 118 valence electrons. The lowest BCUT2D eigenvalue weighted by molar-refractivity contribution is -0.143. The minimum atomic E-state index is -0.603. The topological polar surface area (TPSA) is 66.5 Å². The Morgan fingerprint density at radius 1 is 1.09 bits per heavy atom. The number of fused-ring (bicyclic) bond motifs is 5. The van der Waals surface area contributed by atoms with Crippen molar-refractivity contribution < 1.29 is 14.4 Å². The third-order valence-electron chi connectivity index (χ3n) is 4.86. The van der Waals surface area contributed by atoms with E-state index in [1.165, 1.54) is 18.2 Å². The number of allylic oxidation sites excluding steroid dienone is 2. The molecule has 1 aromatic rings. The molecule has 2 fully saturated rings. The van der Waals surface area contributed by atoms with Crippen molar-refractivity contribution >= 4 is 40.9 Å². The van der Waals surface area contributed by atoms with Crippen LogP contribution in [0.3, 0.4) is 0 Å². The van der Waals surface area contributed by atoms with Crippen LogP contribution in [0.2, 0.25) is 10.0 Å². The number of hydrazine groups is 1. The molecule has 23 heavy (non-hydrogen) atoms. The smallest absolute Gasteiger partial charge is 0.271 e. The predicted molar refractivity (Wildman–Crippen MR) is 83.5 cm³/mol. The zero-order valence-electron chi connectivity index (χ0n) is 11.8. The zero-order chi connectivity index (χ0) is 16.3. The molecule has 1 saturated heterocycles. The Morgan fingerprint density at radius 3 is 2.26 bits per heavy atom. The summed E-state index contributed by atoms with van der Waals surface area (Å²) in [5, 5.41) is 1.42. The fourth-order valence-corrected chi connectivity index (χ4v) is 4.34. The lowest BCUT2D eigenvalue weighted by Gasteiger charge is -2.18. The SMILES string of the molecule is O=C(NN1C(=O)[C@@H]2[C@H](C1=O)[C@H]1C=C[C@H]2C1)c1ccc(Cl)cc1Cl. The van der Waals surface area contributed by atoms with E-state index in [-0.39, 0.29) is 46.1 Å². The van der Waals surface area contributed by atoms with E-state index in [2.05, 4.69) is 5.43 Å². The fourth-order valence-electron chi connectivity index (χ4n) is 3.85. The monoisotopic (exact) mass is 350 g/mol. The van der Waals surface area contributed by atoms with Crippen LogP contribution in [-0.4, -0.2) is 22.7 Å². The van der Waals surface area contributed by atoms with Crippen molar-refractivity contribution in [2.45, 2.75) is 6.42 Å². The van der Waals surface area contributed by atoms with Gasteiger partial charge in [0.1, 0.15) is 0 Å². The molecule has 0 aromatic heterocycles. The number of imide groups is 1. The van der Waals surface area contributed by atoms with Gasteiger partial charge in [-0.1, -0.05) is 35.4 Å². The number of amides is 3. The van der Waals surface area contributed by atoms with Gasteiger partial charge in [-0.15, -0.1) is 0 Å². The lowest BCUT2D eigenvalue weighted by atomic mass is 9.85. The highest BCUT2D eigenvalue weighted by atomic mass is 35.5. The maximum Gasteiger partial charge on any atom is 0.271 e. The van der Waals surface area contributed by atoms with Crippen LogP contribution >= 0.6 is 23.2 Å². The normalized spacial score (nSPS) is 31.0. The number of hydrogen-bond donors (Lipinski definition) is 1. The Morgan fingerprint density at radius 2 is 1.70 bits per heavy atom. The van der Waals surface area contributed by atoms with E-state index >= 15 is 0 Å². The average molecular weight is 351 g/mol. The average Bonchev–Trinajstić information content (AvgIpc) is 3.17. The molecule has 3 amide bonds. The molecule has 0 spiro atoms. The first kappa shape index (κ1) is 14.7. The molecule has 7 heteroatoms. The molecule has 0 unspecified atom stereocenters. The van der Waals surface area contributed by atoms with Gasteiger partial charge in [0.15, 0.2) is 0 Å². The van der Waals surface area contributed by atoms with Crippen molar-refractivity contribution in [2.24, 2.45) is 23.7 Å². The van der Waals surface area contributed by atoms with Crippen LogP contribution in [0.5, 0.6) is 0 Å². The molecular weight excluding hydrogens is 339 g/mol. The van der Waals surface area contributed by atoms with Crippen molar-refractivity contribution in [1.29, 1.82) is 0 Å². The van der Waals surface area contributed by atoms with Crippen molar-refractivity contribution in [3.63, 3.8) is 0 Å². The van der Waals surface area contributed by atoms with Gasteiger partial charge in [-0.05, 0) is 36.5 Å². The van der Waals surface area contributed by atoms with Gasteiger partial charge in [-0.3, -0.25) is 19.8 Å². The van der Waals surface area contributed by atoms with E-state index in [0.717, 1.165) is 11.4 Å². The van der Waals surface area contributed by atoms with E-state index in [0.29, 0.717) is 5.02 Å². The van der Waals surface area contributed by atoms with E-state index in [1.54, 1.807) is 0 Å². The first-order valence-electron chi connectivity index (χ1n) is 7.29. The Labute approximate surface area is 142 Å². The molecule has 4 atom stereocenters. The number of carbonyl (C=O) groups excluding carboxylic acids is 3. The standard InChI is InChI=1S/C16H12Cl2N2O3/c17-9-3-4-10(11(18)6-9)14(21)19-20-15(22)12-7-1-2-8(5-7)13(12)16(20)23/h1-4,6-8,12-13H,5H2,(H,19,21)/t7-,8-,12-,13+/m0/s1. The maximum atomic E-state index is 12.5. The summed E-state index contributed by atoms with van der Waals surface area (Å²) in [6.07, 6.45) is 4.84. The quantitative estimate of drug-likeness (QED) is 0.658. The molecular formula is C16H12Cl2N2O3. The largest absolute Gasteiger partial charge is 0.272 e. The molecule has 0 radical (unpaired) electrons. The number of benzene rings is 1. The zero-order valence-corrected chi connectivity index (χ0v) is 13.3. The van der Waals surface area contributed by atoms with Crippen molar-refractivity contribution in [2.75, 3.05) is 0 Å². The van der Waals surface area contributed by atoms with Crippen molar-refractivity contribution in [3.8, 4) is 0 Å². The Bertz CT molecular complexity index is 747. The minimum absolute atomic E-state index is 0.0995. The molecule has 1 saturated carbocycles. The van der Waals surface area contributed by atoms with Crippen LogP contribution in [0.25, 0.3) is 0 Å². The van der Waals surface area contributed by atoms with Gasteiger partial charge in [-0.25, -0.2) is 0 Å². The summed E-state index contributed by atoms with van der Waals surface area (Å²) in [6.45, 7) is 0. The van der Waals surface area contributed by atoms with E-state index in [4.69, 9.17) is 23.2 Å². The Hall–Kier alpha value is -1.85. The van der Waals surface area contributed by atoms with E-state index in [9.17, 15) is 14.4 Å². The molecule has 5 nitrogen and oxygen atoms in total.